The van der Waals surface area contributed by atoms with Crippen molar-refractivity contribution in [2.45, 2.75) is 5.79 Å². The molecule has 0 amide bonds. The number of aliphatic hydroxyl groups is 1. The molecule has 3 rings (SSSR count). The van der Waals surface area contributed by atoms with Crippen molar-refractivity contribution in [1.29, 1.82) is 0 Å². The fourth-order valence-electron chi connectivity index (χ4n) is 1.83. The minimum absolute atomic E-state index is 0.00383. The molecule has 6 heteroatoms. The highest BCUT2D eigenvalue weighted by molar-refractivity contribution is 6.51. The van der Waals surface area contributed by atoms with Crippen LogP contribution in [0.2, 0.25) is 0 Å². The van der Waals surface area contributed by atoms with E-state index in [0.717, 1.165) is 0 Å². The molecule has 1 radical (unpaired) electrons. The fourth-order valence-corrected chi connectivity index (χ4v) is 1.83. The van der Waals surface area contributed by atoms with Crippen LogP contribution in [0.25, 0.3) is 0 Å². The molecule has 0 spiro atoms. The number of nitrogens with two attached hydrogens (primary N) is 1. The van der Waals surface area contributed by atoms with Crippen molar-refractivity contribution in [3.63, 3.8) is 0 Å². The Bertz CT molecular complexity index is 425. The van der Waals surface area contributed by atoms with E-state index in [9.17, 15) is 5.11 Å². The molecular weight excluding hydrogens is 197 g/mol. The predicted molar refractivity (Wildman–Crippen MR) is 52.0 cm³/mol. The highest BCUT2D eigenvalue weighted by atomic mass is 16.7. The largest absolute Gasteiger partial charge is 0.454 e. The van der Waals surface area contributed by atoms with Crippen LogP contribution in [0.3, 0.4) is 0 Å². The number of hydrogen-bond acceptors (Lipinski definition) is 5. The van der Waals surface area contributed by atoms with Crippen molar-refractivity contribution in [3.8, 4) is 11.5 Å². The molecule has 2 aliphatic rings. The maximum Gasteiger partial charge on any atom is 0.338 e. The second kappa shape index (κ2) is 2.88. The highest BCUT2D eigenvalue weighted by Gasteiger charge is 2.41. The zero-order chi connectivity index (χ0) is 10.5. The number of rotatable bonds is 1. The van der Waals surface area contributed by atoms with Crippen molar-refractivity contribution < 1.29 is 19.2 Å². The SMILES string of the molecule is NCC1(O)O[B]c2c1ccc1c2OCO1. The molecule has 0 fully saturated rings. The first-order valence-electron chi connectivity index (χ1n) is 4.61. The summed E-state index contributed by atoms with van der Waals surface area (Å²) in [5.74, 6) is -0.164. The number of benzene rings is 1. The van der Waals surface area contributed by atoms with Gasteiger partial charge in [0.05, 0.1) is 6.54 Å². The maximum atomic E-state index is 10.0. The van der Waals surface area contributed by atoms with Crippen LogP contribution in [0.1, 0.15) is 5.56 Å². The summed E-state index contributed by atoms with van der Waals surface area (Å²) in [6, 6.07) is 3.48. The zero-order valence-electron chi connectivity index (χ0n) is 7.90. The van der Waals surface area contributed by atoms with E-state index in [1.54, 1.807) is 12.1 Å². The van der Waals surface area contributed by atoms with Gasteiger partial charge in [-0.1, -0.05) is 6.07 Å². The molecule has 1 aromatic carbocycles. The molecular formula is C9H9BNO4. The lowest BCUT2D eigenvalue weighted by molar-refractivity contribution is -0.128. The van der Waals surface area contributed by atoms with Crippen LogP contribution in [-0.2, 0) is 10.4 Å². The van der Waals surface area contributed by atoms with Crippen LogP contribution in [-0.4, -0.2) is 25.9 Å². The molecule has 0 aromatic heterocycles. The Kier molecular flexibility index (Phi) is 1.73. The number of ether oxygens (including phenoxy) is 2. The van der Waals surface area contributed by atoms with Crippen molar-refractivity contribution in [2.75, 3.05) is 13.3 Å². The van der Waals surface area contributed by atoms with Crippen LogP contribution in [0.15, 0.2) is 12.1 Å². The predicted octanol–water partition coefficient (Wildman–Crippen LogP) is -1.21. The van der Waals surface area contributed by atoms with Crippen LogP contribution >= 0.6 is 0 Å². The van der Waals surface area contributed by atoms with Gasteiger partial charge >= 0.3 is 7.48 Å². The topological polar surface area (TPSA) is 73.9 Å². The van der Waals surface area contributed by atoms with Crippen molar-refractivity contribution >= 4 is 12.9 Å². The average Bonchev–Trinajstić information content (AvgIpc) is 2.83. The molecule has 2 aliphatic heterocycles. The Morgan fingerprint density at radius 3 is 3.13 bits per heavy atom. The van der Waals surface area contributed by atoms with E-state index in [1.807, 2.05) is 0 Å². The maximum absolute atomic E-state index is 10.0. The van der Waals surface area contributed by atoms with Crippen LogP contribution in [0, 0.1) is 0 Å². The number of hydrogen-bond donors (Lipinski definition) is 2. The van der Waals surface area contributed by atoms with Crippen LogP contribution in [0.5, 0.6) is 11.5 Å². The Balaban J connectivity index is 2.17. The Morgan fingerprint density at radius 1 is 1.47 bits per heavy atom. The fraction of sp³-hybridized carbons (Fsp3) is 0.333. The monoisotopic (exact) mass is 206 g/mol. The summed E-state index contributed by atoms with van der Waals surface area (Å²) in [6.07, 6.45) is 0. The molecule has 1 aromatic rings. The Hall–Kier alpha value is -1.24. The van der Waals surface area contributed by atoms with Gasteiger partial charge in [0.2, 0.25) is 6.79 Å². The van der Waals surface area contributed by atoms with Gasteiger partial charge < -0.3 is 25.0 Å². The van der Waals surface area contributed by atoms with E-state index >= 15 is 0 Å². The molecule has 77 valence electrons. The van der Waals surface area contributed by atoms with E-state index in [4.69, 9.17) is 19.9 Å². The first kappa shape index (κ1) is 9.02. The van der Waals surface area contributed by atoms with Gasteiger partial charge in [0.1, 0.15) is 0 Å². The molecule has 0 saturated heterocycles. The Morgan fingerprint density at radius 2 is 2.33 bits per heavy atom. The molecule has 0 saturated carbocycles. The quantitative estimate of drug-likeness (QED) is 0.564. The summed E-state index contributed by atoms with van der Waals surface area (Å²) >= 11 is 0. The van der Waals surface area contributed by atoms with Crippen molar-refractivity contribution in [2.24, 2.45) is 5.73 Å². The normalized spacial score (nSPS) is 26.3. The minimum atomic E-state index is -1.43. The standard InChI is InChI=1S/C9H9BNO4/c11-3-9(12)5-1-2-6-8(14-4-13-6)7(5)10-15-9/h1-2,12H,3-4,11H2. The van der Waals surface area contributed by atoms with Gasteiger partial charge in [0.25, 0.3) is 0 Å². The van der Waals surface area contributed by atoms with Gasteiger partial charge in [0, 0.05) is 11.0 Å². The van der Waals surface area contributed by atoms with E-state index in [2.05, 4.69) is 0 Å². The van der Waals surface area contributed by atoms with Gasteiger partial charge in [-0.2, -0.15) is 0 Å². The average molecular weight is 206 g/mol. The Labute approximate surface area is 87.0 Å². The molecule has 1 atom stereocenters. The third-order valence-electron chi connectivity index (χ3n) is 2.65. The van der Waals surface area contributed by atoms with Gasteiger partial charge in [0.15, 0.2) is 17.3 Å². The van der Waals surface area contributed by atoms with Crippen LogP contribution < -0.4 is 20.7 Å². The van der Waals surface area contributed by atoms with Gasteiger partial charge in [-0.15, -0.1) is 0 Å². The minimum Gasteiger partial charge on any atom is -0.454 e. The van der Waals surface area contributed by atoms with Crippen molar-refractivity contribution in [3.05, 3.63) is 17.7 Å². The lowest BCUT2D eigenvalue weighted by atomic mass is 9.85. The van der Waals surface area contributed by atoms with E-state index in [0.29, 0.717) is 22.5 Å². The number of fused-ring (bicyclic) bond motifs is 3. The van der Waals surface area contributed by atoms with Crippen molar-refractivity contribution in [1.82, 2.24) is 0 Å². The molecule has 1 unspecified atom stereocenters. The van der Waals surface area contributed by atoms with Gasteiger partial charge in [-0.25, -0.2) is 0 Å². The molecule has 0 bridgehead atoms. The molecule has 5 nitrogen and oxygen atoms in total. The molecule has 3 N–H and O–H groups in total. The molecule has 15 heavy (non-hydrogen) atoms. The van der Waals surface area contributed by atoms with Gasteiger partial charge in [-0.05, 0) is 6.07 Å². The second-order valence-electron chi connectivity index (χ2n) is 3.48. The summed E-state index contributed by atoms with van der Waals surface area (Å²) in [5.41, 5.74) is 6.79. The lowest BCUT2D eigenvalue weighted by Gasteiger charge is -2.21. The second-order valence-corrected chi connectivity index (χ2v) is 3.48. The summed E-state index contributed by atoms with van der Waals surface area (Å²) < 4.78 is 15.7. The summed E-state index contributed by atoms with van der Waals surface area (Å²) in [7, 11) is 1.45. The molecule has 0 aliphatic carbocycles. The summed E-state index contributed by atoms with van der Waals surface area (Å²) in [5, 5.41) is 10.0. The first-order chi connectivity index (χ1) is 7.24. The van der Waals surface area contributed by atoms with E-state index in [1.165, 1.54) is 7.48 Å². The van der Waals surface area contributed by atoms with E-state index in [-0.39, 0.29) is 13.3 Å². The third-order valence-corrected chi connectivity index (χ3v) is 2.65. The highest BCUT2D eigenvalue weighted by Crippen LogP contribution is 2.36. The van der Waals surface area contributed by atoms with E-state index < -0.39 is 5.79 Å². The zero-order valence-corrected chi connectivity index (χ0v) is 7.90. The van der Waals surface area contributed by atoms with Gasteiger partial charge in [-0.3, -0.25) is 0 Å². The summed E-state index contributed by atoms with van der Waals surface area (Å²) in [6.45, 7) is 0.191. The summed E-state index contributed by atoms with van der Waals surface area (Å²) in [4.78, 5) is 0. The molecule has 2 heterocycles. The lowest BCUT2D eigenvalue weighted by Crippen LogP contribution is -2.34. The third kappa shape index (κ3) is 1.09. The van der Waals surface area contributed by atoms with Crippen LogP contribution in [0.4, 0.5) is 0 Å². The smallest absolute Gasteiger partial charge is 0.338 e. The first-order valence-corrected chi connectivity index (χ1v) is 4.61.